The Kier molecular flexibility index (Phi) is 4.17. The van der Waals surface area contributed by atoms with Crippen molar-refractivity contribution in [1.29, 1.82) is 0 Å². The molecule has 24 heavy (non-hydrogen) atoms. The van der Waals surface area contributed by atoms with Gasteiger partial charge in [0.2, 0.25) is 5.95 Å². The molecule has 1 aliphatic heterocycles. The molecule has 1 saturated heterocycles. The van der Waals surface area contributed by atoms with Crippen LogP contribution in [0.5, 0.6) is 0 Å². The highest BCUT2D eigenvalue weighted by Gasteiger charge is 2.20. The zero-order valence-electron chi connectivity index (χ0n) is 14.1. The van der Waals surface area contributed by atoms with Crippen LogP contribution in [-0.2, 0) is 6.54 Å². The van der Waals surface area contributed by atoms with Crippen molar-refractivity contribution in [3.63, 3.8) is 0 Å². The minimum Gasteiger partial charge on any atom is -0.341 e. The quantitative estimate of drug-likeness (QED) is 0.743. The third kappa shape index (κ3) is 2.99. The summed E-state index contributed by atoms with van der Waals surface area (Å²) in [6.45, 7) is 5.07. The van der Waals surface area contributed by atoms with E-state index >= 15 is 0 Å². The van der Waals surface area contributed by atoms with Gasteiger partial charge in [0.1, 0.15) is 5.52 Å². The monoisotopic (exact) mass is 321 g/mol. The maximum Gasteiger partial charge on any atom is 0.208 e. The molecule has 0 amide bonds. The molecule has 124 valence electrons. The molecule has 0 bridgehead atoms. The molecule has 1 aliphatic rings. The maximum absolute atomic E-state index is 4.91. The molecule has 3 heterocycles. The number of benzene rings is 1. The minimum absolute atomic E-state index is 0.802. The molecule has 1 aromatic carbocycles. The van der Waals surface area contributed by atoms with Crippen molar-refractivity contribution in [2.45, 2.75) is 13.0 Å². The van der Waals surface area contributed by atoms with Gasteiger partial charge in [-0.2, -0.15) is 0 Å². The average molecular weight is 321 g/mol. The van der Waals surface area contributed by atoms with Crippen molar-refractivity contribution >= 4 is 17.1 Å². The summed E-state index contributed by atoms with van der Waals surface area (Å²) in [7, 11) is 2.19. The van der Waals surface area contributed by atoms with E-state index in [-0.39, 0.29) is 0 Å². The minimum atomic E-state index is 0.802. The van der Waals surface area contributed by atoms with Crippen LogP contribution in [-0.4, -0.2) is 52.7 Å². The molecular formula is C19H23N5. The van der Waals surface area contributed by atoms with Crippen molar-refractivity contribution in [3.8, 4) is 0 Å². The topological polar surface area (TPSA) is 37.2 Å². The first-order valence-electron chi connectivity index (χ1n) is 8.60. The number of likely N-dealkylation sites (N-methyl/N-ethyl adjacent to an activating group) is 1. The van der Waals surface area contributed by atoms with E-state index in [1.807, 2.05) is 12.3 Å². The second-order valence-corrected chi connectivity index (χ2v) is 6.47. The summed E-state index contributed by atoms with van der Waals surface area (Å²) in [6, 6.07) is 14.6. The van der Waals surface area contributed by atoms with E-state index in [9.17, 15) is 0 Å². The molecule has 0 spiro atoms. The van der Waals surface area contributed by atoms with Crippen LogP contribution in [0, 0.1) is 0 Å². The van der Waals surface area contributed by atoms with Gasteiger partial charge < -0.3 is 9.80 Å². The lowest BCUT2D eigenvalue weighted by Crippen LogP contribution is -2.31. The Morgan fingerprint density at radius 1 is 0.958 bits per heavy atom. The van der Waals surface area contributed by atoms with E-state index in [2.05, 4.69) is 62.8 Å². The Morgan fingerprint density at radius 3 is 2.71 bits per heavy atom. The lowest BCUT2D eigenvalue weighted by molar-refractivity contribution is 0.360. The molecule has 3 aromatic rings. The first kappa shape index (κ1) is 15.1. The van der Waals surface area contributed by atoms with E-state index in [1.54, 1.807) is 0 Å². The normalized spacial score (nSPS) is 16.5. The fourth-order valence-corrected chi connectivity index (χ4v) is 3.35. The lowest BCUT2D eigenvalue weighted by Gasteiger charge is -2.22. The Morgan fingerprint density at radius 2 is 1.83 bits per heavy atom. The molecule has 1 fully saturated rings. The molecule has 0 saturated carbocycles. The number of rotatable bonds is 3. The van der Waals surface area contributed by atoms with Crippen molar-refractivity contribution < 1.29 is 0 Å². The van der Waals surface area contributed by atoms with Gasteiger partial charge in [-0.05, 0) is 37.7 Å². The Balaban J connectivity index is 1.75. The van der Waals surface area contributed by atoms with E-state index in [1.165, 1.54) is 12.0 Å². The van der Waals surface area contributed by atoms with Crippen molar-refractivity contribution in [2.75, 3.05) is 38.1 Å². The molecule has 0 unspecified atom stereocenters. The highest BCUT2D eigenvalue weighted by atomic mass is 15.3. The predicted molar refractivity (Wildman–Crippen MR) is 97.4 cm³/mol. The molecular weight excluding hydrogens is 298 g/mol. The lowest BCUT2D eigenvalue weighted by atomic mass is 10.2. The summed E-state index contributed by atoms with van der Waals surface area (Å²) in [5.74, 6) is 1.04. The van der Waals surface area contributed by atoms with Crippen LogP contribution in [0.4, 0.5) is 5.95 Å². The summed E-state index contributed by atoms with van der Waals surface area (Å²) in [5.41, 5.74) is 3.21. The third-order valence-electron chi connectivity index (χ3n) is 4.67. The summed E-state index contributed by atoms with van der Waals surface area (Å²) >= 11 is 0. The smallest absolute Gasteiger partial charge is 0.208 e. The van der Waals surface area contributed by atoms with Gasteiger partial charge in [0.25, 0.3) is 0 Å². The summed E-state index contributed by atoms with van der Waals surface area (Å²) in [6.07, 6.45) is 3.02. The average Bonchev–Trinajstić information content (AvgIpc) is 2.82. The zero-order valence-corrected chi connectivity index (χ0v) is 14.1. The number of anilines is 1. The zero-order chi connectivity index (χ0) is 16.4. The Hall–Kier alpha value is -2.40. The second-order valence-electron chi connectivity index (χ2n) is 6.47. The van der Waals surface area contributed by atoms with Gasteiger partial charge in [0, 0.05) is 25.8 Å². The highest BCUT2D eigenvalue weighted by Crippen LogP contribution is 2.23. The standard InChI is InChI=1S/C19H23N5/c1-22-11-6-12-23(14-13-22)19-21-17-9-5-10-20-18(17)24(19)15-16-7-3-2-4-8-16/h2-5,7-10H,6,11-15H2,1H3. The fraction of sp³-hybridized carbons (Fsp3) is 0.368. The van der Waals surface area contributed by atoms with Crippen LogP contribution in [0.2, 0.25) is 0 Å². The van der Waals surface area contributed by atoms with Crippen LogP contribution in [0.15, 0.2) is 48.7 Å². The third-order valence-corrected chi connectivity index (χ3v) is 4.67. The molecule has 2 aromatic heterocycles. The van der Waals surface area contributed by atoms with Gasteiger partial charge in [-0.1, -0.05) is 30.3 Å². The molecule has 5 heteroatoms. The van der Waals surface area contributed by atoms with E-state index in [0.717, 1.165) is 49.8 Å². The summed E-state index contributed by atoms with van der Waals surface area (Å²) in [5, 5.41) is 0. The van der Waals surface area contributed by atoms with E-state index < -0.39 is 0 Å². The van der Waals surface area contributed by atoms with Crippen LogP contribution in [0.3, 0.4) is 0 Å². The van der Waals surface area contributed by atoms with Gasteiger partial charge in [-0.15, -0.1) is 0 Å². The molecule has 0 atom stereocenters. The second kappa shape index (κ2) is 6.61. The molecule has 5 nitrogen and oxygen atoms in total. The van der Waals surface area contributed by atoms with Crippen molar-refractivity contribution in [3.05, 3.63) is 54.2 Å². The van der Waals surface area contributed by atoms with Crippen molar-refractivity contribution in [1.82, 2.24) is 19.4 Å². The number of pyridine rings is 1. The number of aromatic nitrogens is 3. The van der Waals surface area contributed by atoms with Gasteiger partial charge in [-0.25, -0.2) is 9.97 Å². The van der Waals surface area contributed by atoms with Crippen LogP contribution < -0.4 is 4.90 Å². The number of imidazole rings is 1. The molecule has 0 radical (unpaired) electrons. The summed E-state index contributed by atoms with van der Waals surface area (Å²) in [4.78, 5) is 14.3. The van der Waals surface area contributed by atoms with E-state index in [0.29, 0.717) is 0 Å². The predicted octanol–water partition coefficient (Wildman–Crippen LogP) is 2.62. The van der Waals surface area contributed by atoms with Gasteiger partial charge in [0.15, 0.2) is 5.65 Å². The highest BCUT2D eigenvalue weighted by molar-refractivity contribution is 5.74. The van der Waals surface area contributed by atoms with Crippen LogP contribution in [0.1, 0.15) is 12.0 Å². The van der Waals surface area contributed by atoms with Crippen LogP contribution in [0.25, 0.3) is 11.2 Å². The Labute approximate surface area is 142 Å². The first-order chi connectivity index (χ1) is 11.8. The van der Waals surface area contributed by atoms with Crippen LogP contribution >= 0.6 is 0 Å². The van der Waals surface area contributed by atoms with Gasteiger partial charge in [0.05, 0.1) is 6.54 Å². The number of nitrogens with zero attached hydrogens (tertiary/aromatic N) is 5. The van der Waals surface area contributed by atoms with Gasteiger partial charge >= 0.3 is 0 Å². The number of hydrogen-bond donors (Lipinski definition) is 0. The van der Waals surface area contributed by atoms with Gasteiger partial charge in [-0.3, -0.25) is 4.57 Å². The number of fused-ring (bicyclic) bond motifs is 1. The number of hydrogen-bond acceptors (Lipinski definition) is 4. The molecule has 0 N–H and O–H groups in total. The summed E-state index contributed by atoms with van der Waals surface area (Å²) < 4.78 is 2.26. The first-order valence-corrected chi connectivity index (χ1v) is 8.60. The Bertz CT molecular complexity index is 811. The van der Waals surface area contributed by atoms with E-state index in [4.69, 9.17) is 4.98 Å². The molecule has 0 aliphatic carbocycles. The maximum atomic E-state index is 4.91. The largest absolute Gasteiger partial charge is 0.341 e. The van der Waals surface area contributed by atoms with Crippen molar-refractivity contribution in [2.24, 2.45) is 0 Å². The fourth-order valence-electron chi connectivity index (χ4n) is 3.35. The molecule has 4 rings (SSSR count). The SMILES string of the molecule is CN1CCCN(c2nc3cccnc3n2Cc2ccccc2)CC1.